The zero-order chi connectivity index (χ0) is 22.9. The van der Waals surface area contributed by atoms with Crippen molar-refractivity contribution in [3.05, 3.63) is 66.7 Å². The van der Waals surface area contributed by atoms with Crippen LogP contribution in [0.1, 0.15) is 36.7 Å². The van der Waals surface area contributed by atoms with E-state index < -0.39 is 0 Å². The minimum absolute atomic E-state index is 0.0769. The average molecular weight is 432 g/mol. The Labute approximate surface area is 188 Å². The van der Waals surface area contributed by atoms with Crippen LogP contribution in [0.3, 0.4) is 0 Å². The second kappa shape index (κ2) is 11.1. The van der Waals surface area contributed by atoms with Crippen LogP contribution < -0.4 is 5.32 Å². The number of rotatable bonds is 11. The van der Waals surface area contributed by atoms with Gasteiger partial charge in [-0.15, -0.1) is 0 Å². The van der Waals surface area contributed by atoms with Crippen molar-refractivity contribution < 1.29 is 9.59 Å². The molecule has 2 unspecified atom stereocenters. The van der Waals surface area contributed by atoms with Gasteiger partial charge in [0.25, 0.3) is 5.91 Å². The van der Waals surface area contributed by atoms with Gasteiger partial charge < -0.3 is 15.2 Å². The van der Waals surface area contributed by atoms with Crippen molar-refractivity contribution in [3.63, 3.8) is 0 Å². The third-order valence-corrected chi connectivity index (χ3v) is 5.82. The number of H-pyrrole nitrogens is 1. The first kappa shape index (κ1) is 23.0. The van der Waals surface area contributed by atoms with E-state index in [1.165, 1.54) is 6.08 Å². The van der Waals surface area contributed by atoms with Crippen LogP contribution in [0, 0.1) is 23.2 Å². The van der Waals surface area contributed by atoms with Crippen LogP contribution in [-0.4, -0.2) is 46.3 Å². The quantitative estimate of drug-likeness (QED) is 0.418. The number of carbonyl (C=O) groups is 2. The molecule has 0 spiro atoms. The molecule has 7 heteroatoms. The summed E-state index contributed by atoms with van der Waals surface area (Å²) in [6.07, 6.45) is 12.4. The lowest BCUT2D eigenvalue weighted by atomic mass is 10.2. The molecule has 1 saturated carbocycles. The molecule has 0 aromatic carbocycles. The molecule has 1 aliphatic rings. The van der Waals surface area contributed by atoms with E-state index in [2.05, 4.69) is 21.9 Å². The predicted octanol–water partition coefficient (Wildman–Crippen LogP) is 3.75. The molecule has 1 aliphatic carbocycles. The number of hydrogen-bond acceptors (Lipinski definition) is 4. The van der Waals surface area contributed by atoms with Crippen molar-refractivity contribution in [1.82, 2.24) is 20.2 Å². The third-order valence-electron chi connectivity index (χ3n) is 5.82. The number of pyridine rings is 1. The fourth-order valence-electron chi connectivity index (χ4n) is 3.73. The lowest BCUT2D eigenvalue weighted by Crippen LogP contribution is -2.31. The molecule has 0 aliphatic heterocycles. The van der Waals surface area contributed by atoms with E-state index in [1.807, 2.05) is 30.0 Å². The Morgan fingerprint density at radius 2 is 2.28 bits per heavy atom. The largest absolute Gasteiger partial charge is 0.350 e. The highest BCUT2D eigenvalue weighted by molar-refractivity contribution is 5.97. The lowest BCUT2D eigenvalue weighted by molar-refractivity contribution is -0.130. The van der Waals surface area contributed by atoms with Crippen LogP contribution in [0.25, 0.3) is 10.9 Å². The van der Waals surface area contributed by atoms with Crippen molar-refractivity contribution in [1.29, 1.82) is 5.26 Å². The van der Waals surface area contributed by atoms with E-state index in [9.17, 15) is 9.59 Å². The predicted molar refractivity (Wildman–Crippen MR) is 125 cm³/mol. The highest BCUT2D eigenvalue weighted by Gasteiger charge is 2.37. The first-order valence-corrected chi connectivity index (χ1v) is 10.9. The highest BCUT2D eigenvalue weighted by atomic mass is 16.2. The fraction of sp³-hybridized carbons (Fsp3) is 0.360. The van der Waals surface area contributed by atoms with E-state index in [4.69, 9.17) is 5.26 Å². The number of hydrogen-bond donors (Lipinski definition) is 2. The Morgan fingerprint density at radius 3 is 3.00 bits per heavy atom. The van der Waals surface area contributed by atoms with Gasteiger partial charge in [0.1, 0.15) is 5.69 Å². The molecule has 2 atom stereocenters. The number of carbonyl (C=O) groups excluding carboxylic acids is 2. The second-order valence-electron chi connectivity index (χ2n) is 7.94. The molecule has 0 radical (unpaired) electrons. The van der Waals surface area contributed by atoms with E-state index in [0.717, 1.165) is 30.3 Å². The minimum atomic E-state index is -0.103. The number of aromatic amines is 1. The summed E-state index contributed by atoms with van der Waals surface area (Å²) in [5.74, 6) is 0.975. The monoisotopic (exact) mass is 431 g/mol. The Morgan fingerprint density at radius 1 is 1.44 bits per heavy atom. The van der Waals surface area contributed by atoms with Crippen molar-refractivity contribution in [2.75, 3.05) is 19.6 Å². The van der Waals surface area contributed by atoms with Gasteiger partial charge in [0.2, 0.25) is 5.91 Å². The molecule has 2 heterocycles. The molecule has 0 bridgehead atoms. The first-order chi connectivity index (χ1) is 15.5. The second-order valence-corrected chi connectivity index (χ2v) is 7.94. The van der Waals surface area contributed by atoms with Gasteiger partial charge in [-0.2, -0.15) is 5.26 Å². The van der Waals surface area contributed by atoms with Crippen LogP contribution in [0.5, 0.6) is 0 Å². The van der Waals surface area contributed by atoms with Gasteiger partial charge >= 0.3 is 0 Å². The molecule has 32 heavy (non-hydrogen) atoms. The average Bonchev–Trinajstić information content (AvgIpc) is 3.42. The molecule has 2 aromatic heterocycles. The van der Waals surface area contributed by atoms with Crippen LogP contribution in [0.2, 0.25) is 0 Å². The maximum absolute atomic E-state index is 12.4. The molecule has 2 N–H and O–H groups in total. The molecule has 2 amide bonds. The van der Waals surface area contributed by atoms with Gasteiger partial charge in [-0.3, -0.25) is 14.6 Å². The van der Waals surface area contributed by atoms with Crippen LogP contribution in [0.4, 0.5) is 0 Å². The van der Waals surface area contributed by atoms with Crippen molar-refractivity contribution in [3.8, 4) is 6.07 Å². The number of nitrogens with zero attached hydrogens (tertiary/aromatic N) is 3. The summed E-state index contributed by atoms with van der Waals surface area (Å²) in [7, 11) is 0. The topological polar surface area (TPSA) is 102 Å². The summed E-state index contributed by atoms with van der Waals surface area (Å²) in [6, 6.07) is 5.68. The number of allylic oxidation sites excluding steroid dienone is 4. The third kappa shape index (κ3) is 6.17. The number of nitriles is 1. The minimum Gasteiger partial charge on any atom is -0.350 e. The van der Waals surface area contributed by atoms with E-state index in [1.54, 1.807) is 30.6 Å². The summed E-state index contributed by atoms with van der Waals surface area (Å²) in [5.41, 5.74) is 1.91. The van der Waals surface area contributed by atoms with Gasteiger partial charge in [-0.05, 0) is 49.8 Å². The Bertz CT molecular complexity index is 1040. The normalized spacial score (nSPS) is 17.8. The number of nitrogens with one attached hydrogen (secondary N) is 2. The van der Waals surface area contributed by atoms with Gasteiger partial charge in [0.05, 0.1) is 11.6 Å². The molecule has 0 saturated heterocycles. The van der Waals surface area contributed by atoms with E-state index >= 15 is 0 Å². The summed E-state index contributed by atoms with van der Waals surface area (Å²) >= 11 is 0. The molecule has 2 aromatic rings. The Balaban J connectivity index is 1.38. The standard InChI is InChI=1S/C25H29N5O2/c1-3-18(15-26)7-5-6-8-24(31)30(4-2)12-10-19-13-20(19)17-28-25(32)23-14-21-16-27-11-9-22(21)29-23/h3,5-7,9,11,14,16,19-20,29H,1,4,8,10,12-13,17H2,2H3,(H,28,32)/b6-5+,18-7+. The van der Waals surface area contributed by atoms with Crippen molar-refractivity contribution in [2.24, 2.45) is 11.8 Å². The zero-order valence-corrected chi connectivity index (χ0v) is 18.4. The molecule has 166 valence electrons. The van der Waals surface area contributed by atoms with Gasteiger partial charge in [0.15, 0.2) is 0 Å². The van der Waals surface area contributed by atoms with Gasteiger partial charge in [-0.25, -0.2) is 0 Å². The molecular weight excluding hydrogens is 402 g/mol. The summed E-state index contributed by atoms with van der Waals surface area (Å²) < 4.78 is 0. The Hall–Kier alpha value is -3.66. The smallest absolute Gasteiger partial charge is 0.267 e. The van der Waals surface area contributed by atoms with Crippen LogP contribution >= 0.6 is 0 Å². The maximum atomic E-state index is 12.4. The summed E-state index contributed by atoms with van der Waals surface area (Å²) in [4.78, 5) is 33.9. The lowest BCUT2D eigenvalue weighted by Gasteiger charge is -2.20. The van der Waals surface area contributed by atoms with Crippen molar-refractivity contribution in [2.45, 2.75) is 26.2 Å². The fourth-order valence-corrected chi connectivity index (χ4v) is 3.73. The zero-order valence-electron chi connectivity index (χ0n) is 18.4. The van der Waals surface area contributed by atoms with Crippen molar-refractivity contribution >= 4 is 22.7 Å². The molecule has 1 fully saturated rings. The van der Waals surface area contributed by atoms with Crippen LogP contribution in [-0.2, 0) is 4.79 Å². The van der Waals surface area contributed by atoms with E-state index in [0.29, 0.717) is 42.6 Å². The first-order valence-electron chi connectivity index (χ1n) is 10.9. The number of fused-ring (bicyclic) bond motifs is 1. The van der Waals surface area contributed by atoms with Gasteiger partial charge in [-0.1, -0.05) is 24.8 Å². The van der Waals surface area contributed by atoms with Crippen LogP contribution in [0.15, 0.2) is 61.0 Å². The number of aromatic nitrogens is 2. The number of amides is 2. The molecule has 7 nitrogen and oxygen atoms in total. The molecule has 3 rings (SSSR count). The van der Waals surface area contributed by atoms with Gasteiger partial charge in [0, 0.05) is 49.4 Å². The van der Waals surface area contributed by atoms with E-state index in [-0.39, 0.29) is 11.8 Å². The summed E-state index contributed by atoms with van der Waals surface area (Å²) in [5, 5.41) is 12.8. The molecular formula is C25H29N5O2. The highest BCUT2D eigenvalue weighted by Crippen LogP contribution is 2.40. The Kier molecular flexibility index (Phi) is 7.98. The summed E-state index contributed by atoms with van der Waals surface area (Å²) in [6.45, 7) is 7.58. The SMILES string of the molecule is C=C/C(C#N)=C\C=C\CC(=O)N(CC)CCC1CC1CNC(=O)c1cc2cnccc2[nH]1. The maximum Gasteiger partial charge on any atom is 0.267 e.